The Labute approximate surface area is 261 Å². The van der Waals surface area contributed by atoms with Crippen LogP contribution < -0.4 is 20.5 Å². The molecule has 0 radical (unpaired) electrons. The van der Waals surface area contributed by atoms with Gasteiger partial charge in [-0.3, -0.25) is 9.59 Å². The van der Waals surface area contributed by atoms with E-state index in [0.29, 0.717) is 11.3 Å². The van der Waals surface area contributed by atoms with E-state index in [-0.39, 0.29) is 40.4 Å². The third-order valence-electron chi connectivity index (χ3n) is 6.69. The molecule has 0 fully saturated rings. The van der Waals surface area contributed by atoms with Gasteiger partial charge in [0, 0.05) is 23.5 Å². The van der Waals surface area contributed by atoms with Crippen LogP contribution in [0.1, 0.15) is 37.4 Å². The average Bonchev–Trinajstić information content (AvgIpc) is 3.01. The van der Waals surface area contributed by atoms with Crippen molar-refractivity contribution >= 4 is 29.2 Å². The maximum Gasteiger partial charge on any atom is 0.416 e. The number of nitrogens with zero attached hydrogens (tertiary/aromatic N) is 1. The molecule has 0 aliphatic heterocycles. The molecule has 0 spiro atoms. The first-order chi connectivity index (χ1) is 21.8. The van der Waals surface area contributed by atoms with Crippen LogP contribution in [0, 0.1) is 0 Å². The van der Waals surface area contributed by atoms with E-state index in [1.54, 1.807) is 30.3 Å². The molecule has 0 aliphatic rings. The molecule has 0 heterocycles. The summed E-state index contributed by atoms with van der Waals surface area (Å²) in [4.78, 5) is 39.4. The lowest BCUT2D eigenvalue weighted by atomic mass is 10.0. The van der Waals surface area contributed by atoms with Crippen LogP contribution in [0.4, 0.5) is 24.5 Å². The van der Waals surface area contributed by atoms with E-state index >= 15 is 0 Å². The van der Waals surface area contributed by atoms with Gasteiger partial charge < -0.3 is 35.6 Å². The standard InChI is InChI=1S/C33H30F3N3O7/c1-45-27-14-9-22(28(17-27)33(34,35)36)16-29(40)38-25-10-7-21(8-11-25)31(43)39(19-30(41)42)18-20-5-12-26(13-6-20)46-32(44)23-3-2-4-24(37)15-23/h2-15,17,30,41-42H,16,18-19,37H2,1H3,(H,38,40). The number of hydrogen-bond acceptors (Lipinski definition) is 8. The lowest BCUT2D eigenvalue weighted by Gasteiger charge is -2.24. The normalized spacial score (nSPS) is 11.2. The Balaban J connectivity index is 1.40. The molecule has 0 aromatic heterocycles. The number of halogens is 3. The van der Waals surface area contributed by atoms with E-state index in [9.17, 15) is 37.8 Å². The molecule has 0 atom stereocenters. The van der Waals surface area contributed by atoms with Crippen LogP contribution in [-0.4, -0.2) is 52.8 Å². The lowest BCUT2D eigenvalue weighted by Crippen LogP contribution is -2.37. The minimum absolute atomic E-state index is 0.00663. The van der Waals surface area contributed by atoms with Gasteiger partial charge >= 0.3 is 12.1 Å². The summed E-state index contributed by atoms with van der Waals surface area (Å²) < 4.78 is 50.7. The maximum atomic E-state index is 13.5. The smallest absolute Gasteiger partial charge is 0.416 e. The molecule has 4 aromatic carbocycles. The van der Waals surface area contributed by atoms with Gasteiger partial charge in [-0.25, -0.2) is 4.79 Å². The molecule has 13 heteroatoms. The van der Waals surface area contributed by atoms with E-state index in [0.717, 1.165) is 6.07 Å². The van der Waals surface area contributed by atoms with Crippen molar-refractivity contribution < 1.29 is 47.2 Å². The van der Waals surface area contributed by atoms with Crippen LogP contribution in [0.15, 0.2) is 91.0 Å². The molecule has 0 saturated heterocycles. The number of rotatable bonds is 11. The minimum atomic E-state index is -4.69. The second-order valence-electron chi connectivity index (χ2n) is 10.1. The highest BCUT2D eigenvalue weighted by Gasteiger charge is 2.34. The molecule has 0 aliphatic carbocycles. The van der Waals surface area contributed by atoms with Gasteiger partial charge in [0.15, 0.2) is 6.29 Å². The molecule has 10 nitrogen and oxygen atoms in total. The van der Waals surface area contributed by atoms with Gasteiger partial charge in [-0.2, -0.15) is 13.2 Å². The van der Waals surface area contributed by atoms with Crippen molar-refractivity contribution in [2.24, 2.45) is 0 Å². The number of methoxy groups -OCH3 is 1. The fraction of sp³-hybridized carbons (Fsp3) is 0.182. The van der Waals surface area contributed by atoms with Crippen LogP contribution in [0.25, 0.3) is 0 Å². The van der Waals surface area contributed by atoms with Crippen molar-refractivity contribution in [3.05, 3.63) is 119 Å². The first-order valence-electron chi connectivity index (χ1n) is 13.8. The topological polar surface area (TPSA) is 151 Å². The Morgan fingerprint density at radius 1 is 0.891 bits per heavy atom. The number of esters is 1. The number of nitrogens with one attached hydrogen (secondary N) is 1. The number of carbonyl (C=O) groups excluding carboxylic acids is 3. The fourth-order valence-corrected chi connectivity index (χ4v) is 4.49. The number of nitrogen functional groups attached to an aromatic ring is 1. The van der Waals surface area contributed by atoms with Crippen molar-refractivity contribution in [3.63, 3.8) is 0 Å². The fourth-order valence-electron chi connectivity index (χ4n) is 4.49. The average molecular weight is 638 g/mol. The molecule has 2 amide bonds. The van der Waals surface area contributed by atoms with Crippen LogP contribution in [-0.2, 0) is 23.9 Å². The zero-order valence-electron chi connectivity index (χ0n) is 24.5. The lowest BCUT2D eigenvalue weighted by molar-refractivity contribution is -0.138. The Bertz CT molecular complexity index is 1690. The monoisotopic (exact) mass is 637 g/mol. The second-order valence-corrected chi connectivity index (χ2v) is 10.1. The summed E-state index contributed by atoms with van der Waals surface area (Å²) in [7, 11) is 1.24. The van der Waals surface area contributed by atoms with Gasteiger partial charge in [-0.1, -0.05) is 24.3 Å². The summed E-state index contributed by atoms with van der Waals surface area (Å²) in [5.41, 5.74) is 6.16. The van der Waals surface area contributed by atoms with Crippen LogP contribution in [0.5, 0.6) is 11.5 Å². The zero-order valence-corrected chi connectivity index (χ0v) is 24.5. The van der Waals surface area contributed by atoms with E-state index < -0.39 is 48.8 Å². The Morgan fingerprint density at radius 3 is 2.17 bits per heavy atom. The van der Waals surface area contributed by atoms with Gasteiger partial charge in [0.1, 0.15) is 11.5 Å². The van der Waals surface area contributed by atoms with Crippen molar-refractivity contribution in [3.8, 4) is 11.5 Å². The molecular weight excluding hydrogens is 607 g/mol. The Kier molecular flexibility index (Phi) is 10.6. The number of benzene rings is 4. The largest absolute Gasteiger partial charge is 0.497 e. The summed E-state index contributed by atoms with van der Waals surface area (Å²) in [5.74, 6) is -1.62. The van der Waals surface area contributed by atoms with Gasteiger partial charge in [0.25, 0.3) is 5.91 Å². The first kappa shape index (κ1) is 33.5. The number of hydrogen-bond donors (Lipinski definition) is 4. The Morgan fingerprint density at radius 2 is 1.57 bits per heavy atom. The van der Waals surface area contributed by atoms with E-state index in [1.807, 2.05) is 0 Å². The molecule has 0 bridgehead atoms. The number of nitrogens with two attached hydrogens (primary N) is 1. The quantitative estimate of drug-likeness (QED) is 0.0803. The van der Waals surface area contributed by atoms with E-state index in [1.165, 1.54) is 66.6 Å². The number of anilines is 2. The number of amides is 2. The van der Waals surface area contributed by atoms with Crippen LogP contribution in [0.3, 0.4) is 0 Å². The molecule has 0 unspecified atom stereocenters. The highest BCUT2D eigenvalue weighted by molar-refractivity contribution is 5.96. The van der Waals surface area contributed by atoms with Crippen molar-refractivity contribution in [2.45, 2.75) is 25.4 Å². The summed E-state index contributed by atoms with van der Waals surface area (Å²) >= 11 is 0. The van der Waals surface area contributed by atoms with Gasteiger partial charge in [0.05, 0.1) is 31.2 Å². The maximum absolute atomic E-state index is 13.5. The highest BCUT2D eigenvalue weighted by atomic mass is 19.4. The summed E-state index contributed by atoms with van der Waals surface area (Å²) in [5, 5.41) is 21.7. The third-order valence-corrected chi connectivity index (χ3v) is 6.69. The third kappa shape index (κ3) is 9.06. The number of aliphatic hydroxyl groups is 2. The van der Waals surface area contributed by atoms with Crippen LogP contribution >= 0.6 is 0 Å². The first-order valence-corrected chi connectivity index (χ1v) is 13.8. The van der Waals surface area contributed by atoms with Crippen molar-refractivity contribution in [2.75, 3.05) is 24.7 Å². The van der Waals surface area contributed by atoms with Crippen molar-refractivity contribution in [1.29, 1.82) is 0 Å². The predicted octanol–water partition coefficient (Wildman–Crippen LogP) is 4.65. The molecular formula is C33H30F3N3O7. The Hall–Kier alpha value is -5.40. The zero-order chi connectivity index (χ0) is 33.4. The minimum Gasteiger partial charge on any atom is -0.497 e. The molecule has 0 saturated carbocycles. The molecule has 4 aromatic rings. The number of aliphatic hydroxyl groups excluding tert-OH is 1. The molecule has 4 rings (SSSR count). The van der Waals surface area contributed by atoms with Crippen LogP contribution in [0.2, 0.25) is 0 Å². The van der Waals surface area contributed by atoms with Crippen molar-refractivity contribution in [1.82, 2.24) is 4.90 Å². The predicted molar refractivity (Wildman–Crippen MR) is 162 cm³/mol. The molecule has 240 valence electrons. The number of ether oxygens (including phenoxy) is 2. The summed E-state index contributed by atoms with van der Waals surface area (Å²) in [6.07, 6.45) is -7.08. The SMILES string of the molecule is COc1ccc(CC(=O)Nc2ccc(C(=O)N(Cc3ccc(OC(=O)c4cccc(N)c4)cc3)CC(O)O)cc2)c(C(F)(F)F)c1. The van der Waals surface area contributed by atoms with E-state index in [4.69, 9.17) is 15.2 Å². The van der Waals surface area contributed by atoms with Gasteiger partial charge in [0.2, 0.25) is 5.91 Å². The number of carbonyl (C=O) groups is 3. The summed E-state index contributed by atoms with van der Waals surface area (Å²) in [6, 6.07) is 21.5. The van der Waals surface area contributed by atoms with Gasteiger partial charge in [-0.15, -0.1) is 0 Å². The van der Waals surface area contributed by atoms with E-state index in [2.05, 4.69) is 5.32 Å². The highest BCUT2D eigenvalue weighted by Crippen LogP contribution is 2.34. The molecule has 5 N–H and O–H groups in total. The number of alkyl halides is 3. The summed E-state index contributed by atoms with van der Waals surface area (Å²) in [6.45, 7) is -0.450. The van der Waals surface area contributed by atoms with Gasteiger partial charge in [-0.05, 0) is 77.9 Å². The molecule has 46 heavy (non-hydrogen) atoms. The second kappa shape index (κ2) is 14.6.